The van der Waals surface area contributed by atoms with Gasteiger partial charge in [0, 0.05) is 0 Å². The van der Waals surface area contributed by atoms with Crippen molar-refractivity contribution < 1.29 is 33.6 Å². The molecule has 2 saturated heterocycles. The van der Waals surface area contributed by atoms with E-state index in [-0.39, 0.29) is 13.2 Å². The fourth-order valence-corrected chi connectivity index (χ4v) is 2.97. The lowest BCUT2D eigenvalue weighted by Crippen LogP contribution is -2.59. The van der Waals surface area contributed by atoms with Crippen LogP contribution in [0.2, 0.25) is 0 Å². The van der Waals surface area contributed by atoms with Crippen molar-refractivity contribution in [3.63, 3.8) is 0 Å². The van der Waals surface area contributed by atoms with Gasteiger partial charge in [0.15, 0.2) is 23.3 Å². The van der Waals surface area contributed by atoms with Gasteiger partial charge < -0.3 is 28.8 Å². The van der Waals surface area contributed by atoms with Gasteiger partial charge in [-0.1, -0.05) is 12.7 Å². The van der Waals surface area contributed by atoms with Gasteiger partial charge in [-0.05, 0) is 48.5 Å². The second-order valence-electron chi connectivity index (χ2n) is 8.85. The molecule has 0 amide bonds. The second kappa shape index (κ2) is 6.87. The summed E-state index contributed by atoms with van der Waals surface area (Å²) in [5, 5.41) is 11.4. The third kappa shape index (κ3) is 4.46. The average Bonchev–Trinajstić information content (AvgIpc) is 3.04. The molecular formula is C19H32O7. The highest BCUT2D eigenvalue weighted by atomic mass is 16.8. The predicted octanol–water partition coefficient (Wildman–Crippen LogP) is 2.16. The molecule has 2 fully saturated rings. The van der Waals surface area contributed by atoms with Crippen molar-refractivity contribution in [1.82, 2.24) is 0 Å². The molecule has 0 spiro atoms. The van der Waals surface area contributed by atoms with Crippen LogP contribution in [0.1, 0.15) is 48.5 Å². The van der Waals surface area contributed by atoms with Crippen LogP contribution in [0.15, 0.2) is 12.7 Å². The van der Waals surface area contributed by atoms with Gasteiger partial charge in [-0.25, -0.2) is 0 Å². The molecule has 0 unspecified atom stereocenters. The largest absolute Gasteiger partial charge is 0.456 e. The zero-order valence-corrected chi connectivity index (χ0v) is 16.8. The van der Waals surface area contributed by atoms with E-state index >= 15 is 0 Å². The number of hydrogen-bond donors (Lipinski definition) is 1. The molecule has 7 heteroatoms. The minimum absolute atomic E-state index is 0.135. The van der Waals surface area contributed by atoms with Crippen molar-refractivity contribution >= 4 is 5.97 Å². The van der Waals surface area contributed by atoms with Crippen molar-refractivity contribution in [2.75, 3.05) is 13.2 Å². The summed E-state index contributed by atoms with van der Waals surface area (Å²) in [6.07, 6.45) is -1.17. The molecule has 0 aliphatic carbocycles. The van der Waals surface area contributed by atoms with E-state index in [0.717, 1.165) is 0 Å². The first-order chi connectivity index (χ1) is 11.7. The summed E-state index contributed by atoms with van der Waals surface area (Å²) in [6, 6.07) is 0. The summed E-state index contributed by atoms with van der Waals surface area (Å²) in [6.45, 7) is 16.3. The highest BCUT2D eigenvalue weighted by Gasteiger charge is 2.56. The summed E-state index contributed by atoms with van der Waals surface area (Å²) < 4.78 is 28.6. The fourth-order valence-electron chi connectivity index (χ4n) is 2.97. The van der Waals surface area contributed by atoms with E-state index in [9.17, 15) is 9.90 Å². The maximum absolute atomic E-state index is 12.6. The molecule has 4 atom stereocenters. The molecule has 2 aliphatic rings. The lowest BCUT2D eigenvalue weighted by atomic mass is 9.86. The van der Waals surface area contributed by atoms with Crippen molar-refractivity contribution in [1.29, 1.82) is 0 Å². The van der Waals surface area contributed by atoms with Crippen molar-refractivity contribution in [2.45, 2.75) is 84.0 Å². The lowest BCUT2D eigenvalue weighted by molar-refractivity contribution is -0.220. The monoisotopic (exact) mass is 372 g/mol. The number of esters is 1. The van der Waals surface area contributed by atoms with Gasteiger partial charge >= 0.3 is 5.97 Å². The van der Waals surface area contributed by atoms with E-state index in [0.29, 0.717) is 0 Å². The second-order valence-corrected chi connectivity index (χ2v) is 8.85. The Morgan fingerprint density at radius 2 is 1.69 bits per heavy atom. The number of ether oxygens (including phenoxy) is 5. The van der Waals surface area contributed by atoms with E-state index in [1.807, 2.05) is 0 Å². The van der Waals surface area contributed by atoms with Crippen molar-refractivity contribution in [2.24, 2.45) is 5.41 Å². The molecule has 0 radical (unpaired) electrons. The molecule has 0 bridgehead atoms. The molecule has 150 valence electrons. The maximum atomic E-state index is 12.6. The standard InChI is InChI=1S/C19H32O7/c1-9-19(21,13-11-23-18(7,8)26-13)14(24-15(20)16(2,3)4)12-10-22-17(5,6)25-12/h9,12-14,21H,1,10-11H2,2-8H3/t12-,13-,14-,19-/m1/s1. The van der Waals surface area contributed by atoms with E-state index in [1.54, 1.807) is 48.5 Å². The van der Waals surface area contributed by atoms with Crippen molar-refractivity contribution in [3.8, 4) is 0 Å². The molecular weight excluding hydrogens is 340 g/mol. The van der Waals surface area contributed by atoms with Crippen LogP contribution in [0.5, 0.6) is 0 Å². The molecule has 0 aromatic carbocycles. The van der Waals surface area contributed by atoms with E-state index in [4.69, 9.17) is 23.7 Å². The molecule has 7 nitrogen and oxygen atoms in total. The Labute approximate surface area is 155 Å². The molecule has 0 aromatic rings. The topological polar surface area (TPSA) is 83.5 Å². The Kier molecular flexibility index (Phi) is 5.63. The SMILES string of the molecule is C=C[C@](O)([C@H](OC(=O)C(C)(C)C)[C@H]1COC(C)(C)O1)[C@H]1COC(C)(C)O1. The molecule has 0 saturated carbocycles. The quantitative estimate of drug-likeness (QED) is 0.585. The lowest BCUT2D eigenvalue weighted by Gasteiger charge is -2.40. The first-order valence-corrected chi connectivity index (χ1v) is 8.91. The smallest absolute Gasteiger partial charge is 0.311 e. The van der Waals surface area contributed by atoms with Gasteiger partial charge in [0.1, 0.15) is 12.2 Å². The van der Waals surface area contributed by atoms with Gasteiger partial charge in [0.2, 0.25) is 0 Å². The van der Waals surface area contributed by atoms with Gasteiger partial charge in [-0.15, -0.1) is 0 Å². The van der Waals surface area contributed by atoms with Crippen LogP contribution in [-0.4, -0.2) is 59.8 Å². The maximum Gasteiger partial charge on any atom is 0.311 e. The van der Waals surface area contributed by atoms with Crippen LogP contribution in [0.4, 0.5) is 0 Å². The molecule has 1 N–H and O–H groups in total. The molecule has 0 aromatic heterocycles. The number of carbonyl (C=O) groups is 1. The average molecular weight is 372 g/mol. The Morgan fingerprint density at radius 1 is 1.15 bits per heavy atom. The van der Waals surface area contributed by atoms with Crippen LogP contribution in [-0.2, 0) is 28.5 Å². The molecule has 2 heterocycles. The Morgan fingerprint density at radius 3 is 2.08 bits per heavy atom. The van der Waals surface area contributed by atoms with E-state index < -0.39 is 46.9 Å². The Balaban J connectivity index is 2.34. The van der Waals surface area contributed by atoms with Crippen molar-refractivity contribution in [3.05, 3.63) is 12.7 Å². The number of aliphatic hydroxyl groups is 1. The van der Waals surface area contributed by atoms with Gasteiger partial charge in [-0.3, -0.25) is 4.79 Å². The summed E-state index contributed by atoms with van der Waals surface area (Å²) >= 11 is 0. The van der Waals surface area contributed by atoms with Crippen LogP contribution < -0.4 is 0 Å². The van der Waals surface area contributed by atoms with Crippen LogP contribution in [0, 0.1) is 5.41 Å². The number of carbonyl (C=O) groups excluding carboxylic acids is 1. The normalized spacial score (nSPS) is 31.2. The number of hydrogen-bond acceptors (Lipinski definition) is 7. The molecule has 26 heavy (non-hydrogen) atoms. The Hall–Kier alpha value is -0.990. The predicted molar refractivity (Wildman–Crippen MR) is 94.3 cm³/mol. The molecule has 2 aliphatic heterocycles. The number of rotatable bonds is 5. The highest BCUT2D eigenvalue weighted by Crippen LogP contribution is 2.38. The van der Waals surface area contributed by atoms with Crippen LogP contribution in [0.3, 0.4) is 0 Å². The zero-order valence-electron chi connectivity index (χ0n) is 16.8. The van der Waals surface area contributed by atoms with Gasteiger partial charge in [0.25, 0.3) is 0 Å². The van der Waals surface area contributed by atoms with E-state index in [1.165, 1.54) is 6.08 Å². The van der Waals surface area contributed by atoms with E-state index in [2.05, 4.69) is 6.58 Å². The first-order valence-electron chi connectivity index (χ1n) is 8.91. The highest BCUT2D eigenvalue weighted by molar-refractivity contribution is 5.75. The van der Waals surface area contributed by atoms with Crippen LogP contribution >= 0.6 is 0 Å². The van der Waals surface area contributed by atoms with Crippen LogP contribution in [0.25, 0.3) is 0 Å². The first kappa shape index (κ1) is 21.3. The summed E-state index contributed by atoms with van der Waals surface area (Å²) in [7, 11) is 0. The third-order valence-electron chi connectivity index (χ3n) is 4.52. The molecule has 2 rings (SSSR count). The third-order valence-corrected chi connectivity index (χ3v) is 4.52. The van der Waals surface area contributed by atoms with Gasteiger partial charge in [0.05, 0.1) is 18.6 Å². The summed E-state index contributed by atoms with van der Waals surface area (Å²) in [4.78, 5) is 12.6. The zero-order chi connectivity index (χ0) is 20.0. The minimum atomic E-state index is -1.71. The summed E-state index contributed by atoms with van der Waals surface area (Å²) in [5.74, 6) is -2.16. The minimum Gasteiger partial charge on any atom is -0.456 e. The van der Waals surface area contributed by atoms with Gasteiger partial charge in [-0.2, -0.15) is 0 Å². The fraction of sp³-hybridized carbons (Fsp3) is 0.842. The Bertz CT molecular complexity index is 549. The summed E-state index contributed by atoms with van der Waals surface area (Å²) in [5.41, 5.74) is -2.45.